The molecule has 0 heterocycles. The molecule has 0 bridgehead atoms. The fourth-order valence-corrected chi connectivity index (χ4v) is 3.93. The number of aldehydes is 1. The summed E-state index contributed by atoms with van der Waals surface area (Å²) in [6.07, 6.45) is 3.00. The molecule has 1 N–H and O–H groups in total. The van der Waals surface area contributed by atoms with Gasteiger partial charge in [0.05, 0.1) is 0 Å². The number of anilines is 1. The molecule has 0 spiro atoms. The highest BCUT2D eigenvalue weighted by Gasteiger charge is 2.10. The number of benzene rings is 3. The lowest BCUT2D eigenvalue weighted by molar-refractivity contribution is 0.112. The third-order valence-corrected chi connectivity index (χ3v) is 5.45. The lowest BCUT2D eigenvalue weighted by Gasteiger charge is -2.13. The van der Waals surface area contributed by atoms with Gasteiger partial charge in [0.2, 0.25) is 0 Å². The van der Waals surface area contributed by atoms with Crippen molar-refractivity contribution in [1.82, 2.24) is 0 Å². The molecule has 3 heteroatoms. The lowest BCUT2D eigenvalue weighted by atomic mass is 9.95. The van der Waals surface area contributed by atoms with Crippen LogP contribution >= 0.6 is 15.9 Å². The third-order valence-electron chi connectivity index (χ3n) is 4.79. The summed E-state index contributed by atoms with van der Waals surface area (Å²) in [7, 11) is 1.83. The quantitative estimate of drug-likeness (QED) is 0.367. The highest BCUT2D eigenvalue weighted by Crippen LogP contribution is 2.34. The van der Waals surface area contributed by atoms with Crippen molar-refractivity contribution < 1.29 is 4.79 Å². The Balaban J connectivity index is 2.07. The van der Waals surface area contributed by atoms with E-state index in [2.05, 4.69) is 76.7 Å². The summed E-state index contributed by atoms with van der Waals surface area (Å²) in [6, 6.07) is 20.7. The van der Waals surface area contributed by atoms with Crippen molar-refractivity contribution in [2.45, 2.75) is 13.8 Å². The van der Waals surface area contributed by atoms with Gasteiger partial charge in [0.1, 0.15) is 0 Å². The maximum atomic E-state index is 11.2. The van der Waals surface area contributed by atoms with E-state index in [1.807, 2.05) is 32.2 Å². The van der Waals surface area contributed by atoms with Crippen LogP contribution in [0.2, 0.25) is 0 Å². The third kappa shape index (κ3) is 4.04. The van der Waals surface area contributed by atoms with Gasteiger partial charge in [0, 0.05) is 22.8 Å². The van der Waals surface area contributed by atoms with E-state index < -0.39 is 0 Å². The number of aryl methyl sites for hydroxylation is 1. The second kappa shape index (κ2) is 8.36. The second-order valence-corrected chi connectivity index (χ2v) is 7.35. The molecule has 27 heavy (non-hydrogen) atoms. The van der Waals surface area contributed by atoms with Crippen LogP contribution in [0.4, 0.5) is 5.69 Å². The van der Waals surface area contributed by atoms with E-state index in [4.69, 9.17) is 0 Å². The van der Waals surface area contributed by atoms with Gasteiger partial charge in [-0.3, -0.25) is 4.79 Å². The van der Waals surface area contributed by atoms with Crippen LogP contribution in [0.15, 0.2) is 60.7 Å². The molecule has 3 aromatic rings. The molecule has 3 aromatic carbocycles. The van der Waals surface area contributed by atoms with Crippen LogP contribution in [0, 0.1) is 13.8 Å². The van der Waals surface area contributed by atoms with Crippen LogP contribution < -0.4 is 5.32 Å². The van der Waals surface area contributed by atoms with Gasteiger partial charge < -0.3 is 5.32 Å². The molecule has 0 aliphatic carbocycles. The van der Waals surface area contributed by atoms with E-state index >= 15 is 0 Å². The molecule has 0 fully saturated rings. The molecule has 0 aliphatic heterocycles. The Morgan fingerprint density at radius 2 is 1.70 bits per heavy atom. The molecule has 3 rings (SSSR count). The number of halogens is 1. The summed E-state index contributed by atoms with van der Waals surface area (Å²) in [5.74, 6) is 0. The smallest absolute Gasteiger partial charge is 0.152 e. The van der Waals surface area contributed by atoms with Crippen molar-refractivity contribution in [3.05, 3.63) is 88.5 Å². The molecule has 0 aromatic heterocycles. The number of nitrogens with one attached hydrogen (secondary N) is 1. The Hall–Kier alpha value is -2.65. The van der Waals surface area contributed by atoms with E-state index in [0.29, 0.717) is 5.56 Å². The number of carbonyl (C=O) groups excluding carboxylic acids is 1. The Kier molecular flexibility index (Phi) is 5.92. The average Bonchev–Trinajstić information content (AvgIpc) is 2.69. The molecule has 0 amide bonds. The van der Waals surface area contributed by atoms with Crippen LogP contribution in [-0.4, -0.2) is 13.3 Å². The zero-order chi connectivity index (χ0) is 19.4. The van der Waals surface area contributed by atoms with Gasteiger partial charge in [-0.25, -0.2) is 0 Å². The largest absolute Gasteiger partial charge is 0.388 e. The monoisotopic (exact) mass is 419 g/mol. The van der Waals surface area contributed by atoms with Gasteiger partial charge in [-0.1, -0.05) is 64.5 Å². The topological polar surface area (TPSA) is 29.1 Å². The Bertz CT molecular complexity index is 1010. The van der Waals surface area contributed by atoms with Gasteiger partial charge in [-0.2, -0.15) is 0 Å². The second-order valence-electron chi connectivity index (χ2n) is 6.50. The first-order valence-corrected chi connectivity index (χ1v) is 9.64. The van der Waals surface area contributed by atoms with Crippen molar-refractivity contribution >= 4 is 38.5 Å². The molecule has 2 nitrogen and oxygen atoms in total. The van der Waals surface area contributed by atoms with Crippen LogP contribution in [0.25, 0.3) is 21.7 Å². The predicted molar refractivity (Wildman–Crippen MR) is 120 cm³/mol. The number of rotatable bonds is 5. The minimum Gasteiger partial charge on any atom is -0.388 e. The van der Waals surface area contributed by atoms with Gasteiger partial charge in [-0.15, -0.1) is 0 Å². The first-order valence-electron chi connectivity index (χ1n) is 8.85. The molecule has 0 saturated heterocycles. The minimum absolute atomic E-state index is 0.672. The van der Waals surface area contributed by atoms with Crippen molar-refractivity contribution in [2.24, 2.45) is 0 Å². The molecule has 0 aliphatic rings. The van der Waals surface area contributed by atoms with E-state index in [1.54, 1.807) is 0 Å². The molecule has 0 unspecified atom stereocenters. The molecule has 0 saturated carbocycles. The normalized spacial score (nSPS) is 11.3. The molecule has 0 radical (unpaired) electrons. The first-order chi connectivity index (χ1) is 13.0. The maximum absolute atomic E-state index is 11.2. The van der Waals surface area contributed by atoms with E-state index in [9.17, 15) is 4.79 Å². The summed E-state index contributed by atoms with van der Waals surface area (Å²) >= 11 is 3.77. The van der Waals surface area contributed by atoms with Gasteiger partial charge >= 0.3 is 0 Å². The van der Waals surface area contributed by atoms with Crippen molar-refractivity contribution in [3.8, 4) is 11.1 Å². The van der Waals surface area contributed by atoms with Crippen LogP contribution in [0.1, 0.15) is 32.6 Å². The van der Waals surface area contributed by atoms with E-state index in [0.717, 1.165) is 33.1 Å². The zero-order valence-corrected chi connectivity index (χ0v) is 17.3. The maximum Gasteiger partial charge on any atom is 0.152 e. The number of hydrogen-bond donors (Lipinski definition) is 1. The van der Waals surface area contributed by atoms with Gasteiger partial charge in [0.25, 0.3) is 0 Å². The molecular formula is C24H22BrNO. The number of hydrogen-bond acceptors (Lipinski definition) is 2. The summed E-state index contributed by atoms with van der Waals surface area (Å²) in [5, 5.41) is 3.09. The predicted octanol–water partition coefficient (Wildman–Crippen LogP) is 6.72. The summed E-state index contributed by atoms with van der Waals surface area (Å²) in [4.78, 5) is 11.2. The van der Waals surface area contributed by atoms with E-state index in [1.165, 1.54) is 16.7 Å². The van der Waals surface area contributed by atoms with Gasteiger partial charge in [-0.05, 0) is 65.4 Å². The van der Waals surface area contributed by atoms with Crippen molar-refractivity contribution in [1.29, 1.82) is 0 Å². The Morgan fingerprint density at radius 3 is 2.37 bits per heavy atom. The standard InChI is InChI=1S/C24H22BrNO/c1-16-12-20(15-27)24(26-3)14-19(16)13-23(25)22-11-7-10-21(17(22)2)18-8-5-4-6-9-18/h4-15,26H,1-3H3/b23-13-. The minimum atomic E-state index is 0.672. The SMILES string of the molecule is CNc1cc(/C=C(\Br)c2cccc(-c3ccccc3)c2C)c(C)cc1C=O. The summed E-state index contributed by atoms with van der Waals surface area (Å²) < 4.78 is 1.02. The molecule has 0 atom stereocenters. The highest BCUT2D eigenvalue weighted by molar-refractivity contribution is 9.15. The fraction of sp³-hybridized carbons (Fsp3) is 0.125. The lowest BCUT2D eigenvalue weighted by Crippen LogP contribution is -1.97. The summed E-state index contributed by atoms with van der Waals surface area (Å²) in [6.45, 7) is 4.17. The van der Waals surface area contributed by atoms with Crippen LogP contribution in [0.5, 0.6) is 0 Å². The molecular weight excluding hydrogens is 398 g/mol. The number of carbonyl (C=O) groups is 1. The zero-order valence-electron chi connectivity index (χ0n) is 15.7. The fourth-order valence-electron chi connectivity index (χ4n) is 3.26. The Labute approximate surface area is 169 Å². The average molecular weight is 420 g/mol. The van der Waals surface area contributed by atoms with Gasteiger partial charge in [0.15, 0.2) is 6.29 Å². The summed E-state index contributed by atoms with van der Waals surface area (Å²) in [5.41, 5.74) is 8.45. The van der Waals surface area contributed by atoms with E-state index in [-0.39, 0.29) is 0 Å². The van der Waals surface area contributed by atoms with Crippen LogP contribution in [0.3, 0.4) is 0 Å². The Morgan fingerprint density at radius 1 is 0.963 bits per heavy atom. The van der Waals surface area contributed by atoms with Crippen molar-refractivity contribution in [3.63, 3.8) is 0 Å². The molecule has 136 valence electrons. The highest BCUT2D eigenvalue weighted by atomic mass is 79.9. The van der Waals surface area contributed by atoms with Crippen LogP contribution in [-0.2, 0) is 0 Å². The van der Waals surface area contributed by atoms with Crippen molar-refractivity contribution in [2.75, 3.05) is 12.4 Å². The first kappa shape index (κ1) is 19.1.